The van der Waals surface area contributed by atoms with Gasteiger partial charge >= 0.3 is 0 Å². The van der Waals surface area contributed by atoms with E-state index >= 15 is 0 Å². The van der Waals surface area contributed by atoms with Gasteiger partial charge in [-0.25, -0.2) is 9.97 Å². The van der Waals surface area contributed by atoms with Gasteiger partial charge in [-0.2, -0.15) is 0 Å². The number of hydrogen-bond donors (Lipinski definition) is 2. The lowest BCUT2D eigenvalue weighted by molar-refractivity contribution is 0.102. The minimum Gasteiger partial charge on any atom is -0.367 e. The van der Waals surface area contributed by atoms with E-state index in [2.05, 4.69) is 20.6 Å². The van der Waals surface area contributed by atoms with Gasteiger partial charge in [0, 0.05) is 12.2 Å². The predicted molar refractivity (Wildman–Crippen MR) is 73.1 cm³/mol. The van der Waals surface area contributed by atoms with Crippen molar-refractivity contribution < 1.29 is 4.79 Å². The summed E-state index contributed by atoms with van der Waals surface area (Å²) in [6, 6.07) is 11.3. The molecule has 0 aliphatic heterocycles. The molecule has 1 amide bonds. The normalized spacial score (nSPS) is 13.9. The SMILES string of the molecule is O=C(Nc1ccccn1)c1cccc(NC2CC2)n1. The standard InChI is InChI=1S/C14H14N4O/c19-14(18-12-5-1-2-9-15-12)11-4-3-6-13(17-11)16-10-7-8-10/h1-6,9-10H,7-8H2,(H,16,17)(H,15,18,19). The van der Waals surface area contributed by atoms with Crippen LogP contribution in [0.3, 0.4) is 0 Å². The summed E-state index contributed by atoms with van der Waals surface area (Å²) in [5.74, 6) is 1.02. The summed E-state index contributed by atoms with van der Waals surface area (Å²) in [5, 5.41) is 5.98. The Labute approximate surface area is 111 Å². The largest absolute Gasteiger partial charge is 0.367 e. The summed E-state index contributed by atoms with van der Waals surface area (Å²) in [6.45, 7) is 0. The Morgan fingerprint density at radius 1 is 1.11 bits per heavy atom. The molecule has 0 atom stereocenters. The van der Waals surface area contributed by atoms with Crippen molar-refractivity contribution in [3.05, 3.63) is 48.3 Å². The first-order chi connectivity index (χ1) is 9.31. The van der Waals surface area contributed by atoms with Crippen LogP contribution in [0.2, 0.25) is 0 Å². The monoisotopic (exact) mass is 254 g/mol. The molecule has 2 N–H and O–H groups in total. The van der Waals surface area contributed by atoms with Gasteiger partial charge in [-0.1, -0.05) is 12.1 Å². The van der Waals surface area contributed by atoms with E-state index in [4.69, 9.17) is 0 Å². The Kier molecular flexibility index (Phi) is 3.10. The molecule has 2 aromatic heterocycles. The van der Waals surface area contributed by atoms with E-state index < -0.39 is 0 Å². The zero-order valence-corrected chi connectivity index (χ0v) is 10.3. The van der Waals surface area contributed by atoms with E-state index in [-0.39, 0.29) is 5.91 Å². The summed E-state index contributed by atoms with van der Waals surface area (Å²) >= 11 is 0. The van der Waals surface area contributed by atoms with Crippen molar-refractivity contribution in [2.24, 2.45) is 0 Å². The van der Waals surface area contributed by atoms with Gasteiger partial charge < -0.3 is 10.6 Å². The molecule has 1 fully saturated rings. The molecule has 96 valence electrons. The van der Waals surface area contributed by atoms with E-state index in [1.54, 1.807) is 24.4 Å². The van der Waals surface area contributed by atoms with Gasteiger partial charge in [0.15, 0.2) is 0 Å². The summed E-state index contributed by atoms with van der Waals surface area (Å²) in [7, 11) is 0. The van der Waals surface area contributed by atoms with Gasteiger partial charge in [-0.3, -0.25) is 4.79 Å². The van der Waals surface area contributed by atoms with Gasteiger partial charge in [0.25, 0.3) is 5.91 Å². The fraction of sp³-hybridized carbons (Fsp3) is 0.214. The topological polar surface area (TPSA) is 66.9 Å². The molecule has 1 aliphatic carbocycles. The van der Waals surface area contributed by atoms with Crippen molar-refractivity contribution in [2.45, 2.75) is 18.9 Å². The number of rotatable bonds is 4. The van der Waals surface area contributed by atoms with Crippen LogP contribution in [0.15, 0.2) is 42.6 Å². The smallest absolute Gasteiger partial charge is 0.275 e. The van der Waals surface area contributed by atoms with Crippen LogP contribution in [0, 0.1) is 0 Å². The number of carbonyl (C=O) groups excluding carboxylic acids is 1. The molecular weight excluding hydrogens is 240 g/mol. The van der Waals surface area contributed by atoms with Crippen molar-refractivity contribution in [1.29, 1.82) is 0 Å². The fourth-order valence-electron chi connectivity index (χ4n) is 1.70. The van der Waals surface area contributed by atoms with E-state index in [9.17, 15) is 4.79 Å². The maximum Gasteiger partial charge on any atom is 0.275 e. The van der Waals surface area contributed by atoms with Crippen LogP contribution in [0.1, 0.15) is 23.3 Å². The minimum atomic E-state index is -0.252. The molecule has 0 unspecified atom stereocenters. The van der Waals surface area contributed by atoms with Crippen LogP contribution in [0.25, 0.3) is 0 Å². The highest BCUT2D eigenvalue weighted by Crippen LogP contribution is 2.23. The first kappa shape index (κ1) is 11.6. The van der Waals surface area contributed by atoms with Gasteiger partial charge in [0.2, 0.25) is 0 Å². The Balaban J connectivity index is 1.72. The maximum atomic E-state index is 12.0. The molecular formula is C14H14N4O. The van der Waals surface area contributed by atoms with Crippen molar-refractivity contribution >= 4 is 17.5 Å². The minimum absolute atomic E-state index is 0.252. The highest BCUT2D eigenvalue weighted by atomic mass is 16.1. The second-order valence-electron chi connectivity index (χ2n) is 4.50. The average Bonchev–Trinajstić information content (AvgIpc) is 3.24. The average molecular weight is 254 g/mol. The number of pyridine rings is 2. The zero-order chi connectivity index (χ0) is 13.1. The van der Waals surface area contributed by atoms with Crippen LogP contribution in [0.4, 0.5) is 11.6 Å². The van der Waals surface area contributed by atoms with Crippen molar-refractivity contribution in [3.8, 4) is 0 Å². The van der Waals surface area contributed by atoms with Crippen LogP contribution < -0.4 is 10.6 Å². The molecule has 2 aromatic rings. The van der Waals surface area contributed by atoms with E-state index in [0.717, 1.165) is 5.82 Å². The number of anilines is 2. The van der Waals surface area contributed by atoms with Crippen molar-refractivity contribution in [2.75, 3.05) is 10.6 Å². The second kappa shape index (κ2) is 5.06. The summed E-state index contributed by atoms with van der Waals surface area (Å²) in [5.41, 5.74) is 0.385. The number of carbonyl (C=O) groups is 1. The number of nitrogens with one attached hydrogen (secondary N) is 2. The molecule has 19 heavy (non-hydrogen) atoms. The van der Waals surface area contributed by atoms with E-state index in [1.165, 1.54) is 12.8 Å². The van der Waals surface area contributed by atoms with Gasteiger partial charge in [0.1, 0.15) is 17.3 Å². The Hall–Kier alpha value is -2.43. The van der Waals surface area contributed by atoms with E-state index in [1.807, 2.05) is 18.2 Å². The summed E-state index contributed by atoms with van der Waals surface area (Å²) in [6.07, 6.45) is 3.98. The van der Waals surface area contributed by atoms with Gasteiger partial charge in [0.05, 0.1) is 0 Å². The molecule has 1 aliphatic rings. The lowest BCUT2D eigenvalue weighted by Gasteiger charge is -2.06. The molecule has 5 heteroatoms. The number of aromatic nitrogens is 2. The molecule has 0 radical (unpaired) electrons. The number of nitrogens with zero attached hydrogens (tertiary/aromatic N) is 2. The van der Waals surface area contributed by atoms with Gasteiger partial charge in [-0.15, -0.1) is 0 Å². The van der Waals surface area contributed by atoms with Crippen molar-refractivity contribution in [1.82, 2.24) is 9.97 Å². The third-order valence-corrected chi connectivity index (χ3v) is 2.82. The zero-order valence-electron chi connectivity index (χ0n) is 10.3. The van der Waals surface area contributed by atoms with Crippen LogP contribution in [-0.2, 0) is 0 Å². The lowest BCUT2D eigenvalue weighted by Crippen LogP contribution is -2.15. The third kappa shape index (κ3) is 3.07. The molecule has 0 spiro atoms. The first-order valence-electron chi connectivity index (χ1n) is 6.27. The number of amides is 1. The highest BCUT2D eigenvalue weighted by Gasteiger charge is 2.21. The fourth-order valence-corrected chi connectivity index (χ4v) is 1.70. The Morgan fingerprint density at radius 2 is 1.95 bits per heavy atom. The molecule has 0 aromatic carbocycles. The van der Waals surface area contributed by atoms with E-state index in [0.29, 0.717) is 17.6 Å². The summed E-state index contributed by atoms with van der Waals surface area (Å²) < 4.78 is 0. The van der Waals surface area contributed by atoms with Crippen molar-refractivity contribution in [3.63, 3.8) is 0 Å². The molecule has 0 bridgehead atoms. The predicted octanol–water partition coefficient (Wildman–Crippen LogP) is 2.30. The van der Waals surface area contributed by atoms with Gasteiger partial charge in [-0.05, 0) is 37.1 Å². The highest BCUT2D eigenvalue weighted by molar-refractivity contribution is 6.02. The van der Waals surface area contributed by atoms with Crippen LogP contribution in [-0.4, -0.2) is 21.9 Å². The molecule has 1 saturated carbocycles. The second-order valence-corrected chi connectivity index (χ2v) is 4.50. The molecule has 3 rings (SSSR count). The van der Waals surface area contributed by atoms with Crippen LogP contribution in [0.5, 0.6) is 0 Å². The summed E-state index contributed by atoms with van der Waals surface area (Å²) in [4.78, 5) is 20.4. The Morgan fingerprint density at radius 3 is 2.68 bits per heavy atom. The lowest BCUT2D eigenvalue weighted by atomic mass is 10.3. The number of hydrogen-bond acceptors (Lipinski definition) is 4. The molecule has 0 saturated heterocycles. The Bertz CT molecular complexity index is 581. The third-order valence-electron chi connectivity index (χ3n) is 2.82. The maximum absolute atomic E-state index is 12.0. The molecule has 2 heterocycles. The quantitative estimate of drug-likeness (QED) is 0.878. The first-order valence-corrected chi connectivity index (χ1v) is 6.27. The van der Waals surface area contributed by atoms with Crippen LogP contribution >= 0.6 is 0 Å². The molecule has 5 nitrogen and oxygen atoms in total.